The monoisotopic (exact) mass is 288 g/mol. The van der Waals surface area contributed by atoms with Crippen molar-refractivity contribution in [3.05, 3.63) is 48.1 Å². The van der Waals surface area contributed by atoms with Crippen LogP contribution in [-0.4, -0.2) is 38.9 Å². The maximum Gasteiger partial charge on any atom is 0.272 e. The van der Waals surface area contributed by atoms with Gasteiger partial charge in [0.05, 0.1) is 6.20 Å². The van der Waals surface area contributed by atoms with E-state index < -0.39 is 5.82 Å². The number of carbonyl (C=O) groups is 1. The van der Waals surface area contributed by atoms with Crippen LogP contribution in [0, 0.1) is 11.7 Å². The zero-order valence-corrected chi connectivity index (χ0v) is 11.9. The summed E-state index contributed by atoms with van der Waals surface area (Å²) in [7, 11) is 1.76. The van der Waals surface area contributed by atoms with Gasteiger partial charge < -0.3 is 9.47 Å². The van der Waals surface area contributed by atoms with Crippen molar-refractivity contribution in [2.45, 2.75) is 19.4 Å². The predicted molar refractivity (Wildman–Crippen MR) is 75.2 cm³/mol. The first-order valence-corrected chi connectivity index (χ1v) is 7.00. The Kier molecular flexibility index (Phi) is 3.68. The Morgan fingerprint density at radius 3 is 3.10 bits per heavy atom. The van der Waals surface area contributed by atoms with E-state index in [-0.39, 0.29) is 11.6 Å². The summed E-state index contributed by atoms with van der Waals surface area (Å²) in [6, 6.07) is 2.67. The van der Waals surface area contributed by atoms with Crippen LogP contribution in [0.4, 0.5) is 4.39 Å². The van der Waals surface area contributed by atoms with E-state index in [9.17, 15) is 9.18 Å². The second kappa shape index (κ2) is 5.63. The number of aryl methyl sites for hydroxylation is 1. The second-order valence-electron chi connectivity index (χ2n) is 5.44. The third kappa shape index (κ3) is 2.94. The first-order chi connectivity index (χ1) is 10.1. The molecule has 0 aromatic carbocycles. The number of fused-ring (bicyclic) bond motifs is 1. The number of hydrogen-bond acceptors (Lipinski definition) is 3. The highest BCUT2D eigenvalue weighted by atomic mass is 19.1. The van der Waals surface area contributed by atoms with Gasteiger partial charge in [-0.1, -0.05) is 0 Å². The van der Waals surface area contributed by atoms with E-state index in [0.29, 0.717) is 12.5 Å². The Hall–Kier alpha value is -2.24. The van der Waals surface area contributed by atoms with Gasteiger partial charge in [0.15, 0.2) is 0 Å². The standard InChI is InChI=1S/C15H17FN4O/c1-19(15(21)13-3-2-12(16)9-18-13)10-11-4-6-20-7-5-17-14(20)8-11/h2-3,5,7,9,11H,4,6,8,10H2,1H3. The summed E-state index contributed by atoms with van der Waals surface area (Å²) in [5.74, 6) is 0.860. The fourth-order valence-electron chi connectivity index (χ4n) is 2.74. The van der Waals surface area contributed by atoms with Gasteiger partial charge in [-0.2, -0.15) is 0 Å². The molecule has 6 heteroatoms. The van der Waals surface area contributed by atoms with E-state index in [0.717, 1.165) is 31.4 Å². The molecule has 1 aliphatic rings. The predicted octanol–water partition coefficient (Wildman–Crippen LogP) is 1.75. The molecule has 1 amide bonds. The average Bonchev–Trinajstić information content (AvgIpc) is 2.95. The molecule has 1 aliphatic heterocycles. The quantitative estimate of drug-likeness (QED) is 0.864. The van der Waals surface area contributed by atoms with Crippen LogP contribution in [0.2, 0.25) is 0 Å². The summed E-state index contributed by atoms with van der Waals surface area (Å²) in [4.78, 5) is 22.1. The van der Waals surface area contributed by atoms with Gasteiger partial charge in [-0.15, -0.1) is 0 Å². The number of hydrogen-bond donors (Lipinski definition) is 0. The molecule has 0 N–H and O–H groups in total. The minimum atomic E-state index is -0.437. The van der Waals surface area contributed by atoms with Crippen LogP contribution in [0.15, 0.2) is 30.7 Å². The van der Waals surface area contributed by atoms with Crippen molar-refractivity contribution in [3.8, 4) is 0 Å². The van der Waals surface area contributed by atoms with E-state index in [2.05, 4.69) is 14.5 Å². The van der Waals surface area contributed by atoms with Gasteiger partial charge >= 0.3 is 0 Å². The first-order valence-electron chi connectivity index (χ1n) is 7.00. The lowest BCUT2D eigenvalue weighted by atomic mass is 9.97. The molecular weight excluding hydrogens is 271 g/mol. The minimum absolute atomic E-state index is 0.177. The molecule has 0 saturated heterocycles. The molecule has 0 bridgehead atoms. The molecule has 1 unspecified atom stereocenters. The Morgan fingerprint density at radius 1 is 1.48 bits per heavy atom. The van der Waals surface area contributed by atoms with Crippen LogP contribution < -0.4 is 0 Å². The van der Waals surface area contributed by atoms with Crippen molar-refractivity contribution in [2.75, 3.05) is 13.6 Å². The van der Waals surface area contributed by atoms with Gasteiger partial charge in [0.2, 0.25) is 0 Å². The molecule has 0 saturated carbocycles. The Bertz CT molecular complexity index is 637. The van der Waals surface area contributed by atoms with Crippen LogP contribution in [0.1, 0.15) is 22.7 Å². The van der Waals surface area contributed by atoms with Crippen molar-refractivity contribution in [1.29, 1.82) is 0 Å². The van der Waals surface area contributed by atoms with Crippen molar-refractivity contribution >= 4 is 5.91 Å². The summed E-state index contributed by atoms with van der Waals surface area (Å²) in [6.45, 7) is 1.60. The zero-order chi connectivity index (χ0) is 14.8. The van der Waals surface area contributed by atoms with Crippen LogP contribution in [0.5, 0.6) is 0 Å². The number of aromatic nitrogens is 3. The molecule has 21 heavy (non-hydrogen) atoms. The fraction of sp³-hybridized carbons (Fsp3) is 0.400. The molecule has 2 aromatic heterocycles. The van der Waals surface area contributed by atoms with Crippen LogP contribution in [0.3, 0.4) is 0 Å². The number of pyridine rings is 1. The van der Waals surface area contributed by atoms with Crippen LogP contribution in [0.25, 0.3) is 0 Å². The topological polar surface area (TPSA) is 51.0 Å². The lowest BCUT2D eigenvalue weighted by molar-refractivity contribution is 0.0758. The van der Waals surface area contributed by atoms with Gasteiger partial charge in [0, 0.05) is 39.0 Å². The lowest BCUT2D eigenvalue weighted by Crippen LogP contribution is -2.35. The second-order valence-corrected chi connectivity index (χ2v) is 5.44. The maximum atomic E-state index is 12.8. The van der Waals surface area contributed by atoms with E-state index in [1.165, 1.54) is 12.1 Å². The van der Waals surface area contributed by atoms with Gasteiger partial charge in [0.1, 0.15) is 17.3 Å². The van der Waals surface area contributed by atoms with Gasteiger partial charge in [-0.05, 0) is 24.5 Å². The van der Waals surface area contributed by atoms with Crippen molar-refractivity contribution < 1.29 is 9.18 Å². The lowest BCUT2D eigenvalue weighted by Gasteiger charge is -2.27. The Labute approximate surface area is 122 Å². The Balaban J connectivity index is 1.63. The molecule has 0 fully saturated rings. The molecule has 1 atom stereocenters. The van der Waals surface area contributed by atoms with Gasteiger partial charge in [0.25, 0.3) is 5.91 Å². The molecule has 110 valence electrons. The summed E-state index contributed by atoms with van der Waals surface area (Å²) in [6.07, 6.45) is 6.77. The number of amides is 1. The third-order valence-corrected chi connectivity index (χ3v) is 3.88. The summed E-state index contributed by atoms with van der Waals surface area (Å²) < 4.78 is 15.0. The van der Waals surface area contributed by atoms with Crippen LogP contribution >= 0.6 is 0 Å². The van der Waals surface area contributed by atoms with E-state index >= 15 is 0 Å². The SMILES string of the molecule is CN(CC1CCn2ccnc2C1)C(=O)c1ccc(F)cn1. The molecule has 2 aromatic rings. The number of carbonyl (C=O) groups excluding carboxylic acids is 1. The maximum absolute atomic E-state index is 12.8. The van der Waals surface area contributed by atoms with Crippen molar-refractivity contribution in [1.82, 2.24) is 19.4 Å². The highest BCUT2D eigenvalue weighted by molar-refractivity contribution is 5.92. The Morgan fingerprint density at radius 2 is 2.33 bits per heavy atom. The average molecular weight is 288 g/mol. The molecule has 3 rings (SSSR count). The smallest absolute Gasteiger partial charge is 0.272 e. The number of nitrogens with zero attached hydrogens (tertiary/aromatic N) is 4. The molecule has 5 nitrogen and oxygen atoms in total. The largest absolute Gasteiger partial charge is 0.340 e. The third-order valence-electron chi connectivity index (χ3n) is 3.88. The van der Waals surface area contributed by atoms with Crippen LogP contribution in [-0.2, 0) is 13.0 Å². The van der Waals surface area contributed by atoms with Gasteiger partial charge in [-0.3, -0.25) is 4.79 Å². The summed E-state index contributed by atoms with van der Waals surface area (Å²) in [5.41, 5.74) is 0.274. The normalized spacial score (nSPS) is 17.3. The van der Waals surface area contributed by atoms with Crippen molar-refractivity contribution in [3.63, 3.8) is 0 Å². The summed E-state index contributed by atoms with van der Waals surface area (Å²) in [5, 5.41) is 0. The molecule has 3 heterocycles. The highest BCUT2D eigenvalue weighted by Gasteiger charge is 2.23. The van der Waals surface area contributed by atoms with E-state index in [4.69, 9.17) is 0 Å². The minimum Gasteiger partial charge on any atom is -0.340 e. The van der Waals surface area contributed by atoms with Gasteiger partial charge in [-0.25, -0.2) is 14.4 Å². The highest BCUT2D eigenvalue weighted by Crippen LogP contribution is 2.20. The molecule has 0 aliphatic carbocycles. The fourth-order valence-corrected chi connectivity index (χ4v) is 2.74. The number of imidazole rings is 1. The molecule has 0 radical (unpaired) electrons. The van der Waals surface area contributed by atoms with E-state index in [1.807, 2.05) is 12.4 Å². The zero-order valence-electron chi connectivity index (χ0n) is 11.9. The number of rotatable bonds is 3. The van der Waals surface area contributed by atoms with Crippen molar-refractivity contribution in [2.24, 2.45) is 5.92 Å². The molecule has 0 spiro atoms. The first kappa shape index (κ1) is 13.7. The van der Waals surface area contributed by atoms with E-state index in [1.54, 1.807) is 11.9 Å². The number of halogens is 1. The summed E-state index contributed by atoms with van der Waals surface area (Å²) >= 11 is 0. The molecular formula is C15H17FN4O.